The molecule has 0 aromatic rings. The first-order chi connectivity index (χ1) is 4.63. The third-order valence-corrected chi connectivity index (χ3v) is 1.34. The van der Waals surface area contributed by atoms with E-state index in [1.807, 2.05) is 6.92 Å². The van der Waals surface area contributed by atoms with E-state index in [0.717, 1.165) is 12.0 Å². The van der Waals surface area contributed by atoms with Gasteiger partial charge in [-0.3, -0.25) is 0 Å². The van der Waals surface area contributed by atoms with Crippen LogP contribution in [-0.4, -0.2) is 5.11 Å². The smallest absolute Gasteiger partial charge is 0.121 e. The predicted molar refractivity (Wildman–Crippen MR) is 45.0 cm³/mol. The molecule has 0 heterocycles. The Morgan fingerprint density at radius 2 is 2.10 bits per heavy atom. The Bertz CT molecular complexity index is 175. The maximum Gasteiger partial charge on any atom is 0.121 e. The minimum Gasteiger partial charge on any atom is -0.507 e. The molecule has 0 atom stereocenters. The molecule has 56 valence electrons. The van der Waals surface area contributed by atoms with Gasteiger partial charge in [-0.05, 0) is 24.5 Å². The van der Waals surface area contributed by atoms with Gasteiger partial charge in [0.15, 0.2) is 0 Å². The van der Waals surface area contributed by atoms with Gasteiger partial charge in [0.1, 0.15) is 5.76 Å². The van der Waals surface area contributed by atoms with Crippen LogP contribution in [0.2, 0.25) is 0 Å². The highest BCUT2D eigenvalue weighted by molar-refractivity contribution is 5.31. The molecule has 0 aromatic heterocycles. The van der Waals surface area contributed by atoms with E-state index in [1.54, 1.807) is 13.0 Å². The summed E-state index contributed by atoms with van der Waals surface area (Å²) in [5.41, 5.74) is 1.55. The standard InChI is InChI=1S/C9H14O/c1-5-8(6-2)9(10)7(3)4/h5,10H,1,3,6H2,2,4H3/b9-8-. The lowest BCUT2D eigenvalue weighted by atomic mass is 10.1. The number of rotatable bonds is 3. The normalized spacial score (nSPS) is 12.2. The van der Waals surface area contributed by atoms with Crippen molar-refractivity contribution in [2.24, 2.45) is 0 Å². The first-order valence-corrected chi connectivity index (χ1v) is 3.33. The highest BCUT2D eigenvalue weighted by Gasteiger charge is 1.98. The van der Waals surface area contributed by atoms with E-state index < -0.39 is 0 Å². The summed E-state index contributed by atoms with van der Waals surface area (Å²) in [6.07, 6.45) is 2.45. The zero-order valence-electron chi connectivity index (χ0n) is 6.65. The number of hydrogen-bond donors (Lipinski definition) is 1. The van der Waals surface area contributed by atoms with Crippen LogP contribution in [0.1, 0.15) is 20.3 Å². The number of aliphatic hydroxyl groups excluding tert-OH is 1. The van der Waals surface area contributed by atoms with E-state index in [9.17, 15) is 5.11 Å². The van der Waals surface area contributed by atoms with Crippen LogP contribution < -0.4 is 0 Å². The fourth-order valence-corrected chi connectivity index (χ4v) is 0.683. The van der Waals surface area contributed by atoms with Crippen molar-refractivity contribution < 1.29 is 5.11 Å². The van der Waals surface area contributed by atoms with Crippen molar-refractivity contribution in [3.8, 4) is 0 Å². The predicted octanol–water partition coefficient (Wildman–Crippen LogP) is 2.97. The Hall–Kier alpha value is -0.980. The molecule has 1 heteroatoms. The van der Waals surface area contributed by atoms with E-state index in [4.69, 9.17) is 0 Å². The van der Waals surface area contributed by atoms with E-state index in [2.05, 4.69) is 13.2 Å². The second-order valence-corrected chi connectivity index (χ2v) is 2.21. The molecule has 1 N–H and O–H groups in total. The molecule has 0 aliphatic rings. The van der Waals surface area contributed by atoms with Gasteiger partial charge < -0.3 is 5.11 Å². The zero-order chi connectivity index (χ0) is 8.15. The minimum atomic E-state index is 0.275. The lowest BCUT2D eigenvalue weighted by Gasteiger charge is -2.02. The first-order valence-electron chi connectivity index (χ1n) is 3.33. The van der Waals surface area contributed by atoms with Crippen molar-refractivity contribution in [1.29, 1.82) is 0 Å². The van der Waals surface area contributed by atoms with Crippen LogP contribution in [-0.2, 0) is 0 Å². The largest absolute Gasteiger partial charge is 0.507 e. The summed E-state index contributed by atoms with van der Waals surface area (Å²) >= 11 is 0. The van der Waals surface area contributed by atoms with Crippen LogP contribution in [0.25, 0.3) is 0 Å². The van der Waals surface area contributed by atoms with Crippen LogP contribution in [0.4, 0.5) is 0 Å². The second kappa shape index (κ2) is 3.94. The van der Waals surface area contributed by atoms with E-state index in [0.29, 0.717) is 5.57 Å². The highest BCUT2D eigenvalue weighted by atomic mass is 16.3. The third-order valence-electron chi connectivity index (χ3n) is 1.34. The molecule has 0 rings (SSSR count). The third kappa shape index (κ3) is 2.09. The molecule has 1 nitrogen and oxygen atoms in total. The topological polar surface area (TPSA) is 20.2 Å². The van der Waals surface area contributed by atoms with Gasteiger partial charge in [-0.2, -0.15) is 0 Å². The lowest BCUT2D eigenvalue weighted by Crippen LogP contribution is -1.87. The Balaban J connectivity index is 4.59. The van der Waals surface area contributed by atoms with Crippen LogP contribution >= 0.6 is 0 Å². The van der Waals surface area contributed by atoms with Crippen LogP contribution in [0, 0.1) is 0 Å². The van der Waals surface area contributed by atoms with E-state index in [1.165, 1.54) is 0 Å². The summed E-state index contributed by atoms with van der Waals surface area (Å²) < 4.78 is 0. The lowest BCUT2D eigenvalue weighted by molar-refractivity contribution is 0.417. The van der Waals surface area contributed by atoms with Gasteiger partial charge in [0, 0.05) is 0 Å². The summed E-state index contributed by atoms with van der Waals surface area (Å²) in [7, 11) is 0. The first kappa shape index (κ1) is 9.02. The molecular formula is C9H14O. The molecule has 0 aliphatic carbocycles. The van der Waals surface area contributed by atoms with Gasteiger partial charge in [0.25, 0.3) is 0 Å². The quantitative estimate of drug-likeness (QED) is 0.469. The highest BCUT2D eigenvalue weighted by Crippen LogP contribution is 2.12. The minimum absolute atomic E-state index is 0.275. The van der Waals surface area contributed by atoms with Crippen molar-refractivity contribution >= 4 is 0 Å². The van der Waals surface area contributed by atoms with Crippen molar-refractivity contribution in [2.75, 3.05) is 0 Å². The Morgan fingerprint density at radius 1 is 1.60 bits per heavy atom. The van der Waals surface area contributed by atoms with E-state index in [-0.39, 0.29) is 5.76 Å². The molecule has 10 heavy (non-hydrogen) atoms. The summed E-state index contributed by atoms with van der Waals surface area (Å²) in [4.78, 5) is 0. The van der Waals surface area contributed by atoms with Crippen LogP contribution in [0.5, 0.6) is 0 Å². The fraction of sp³-hybridized carbons (Fsp3) is 0.333. The summed E-state index contributed by atoms with van der Waals surface area (Å²) in [5.74, 6) is 0.275. The molecule has 0 radical (unpaired) electrons. The van der Waals surface area contributed by atoms with Gasteiger partial charge >= 0.3 is 0 Å². The fourth-order valence-electron chi connectivity index (χ4n) is 0.683. The van der Waals surface area contributed by atoms with Gasteiger partial charge in [0.2, 0.25) is 0 Å². The Labute approximate surface area is 62.4 Å². The van der Waals surface area contributed by atoms with Gasteiger partial charge in [0.05, 0.1) is 0 Å². The summed E-state index contributed by atoms with van der Waals surface area (Å²) in [6, 6.07) is 0. The SMILES string of the molecule is C=C/C(CC)=C(/O)C(=C)C. The van der Waals surface area contributed by atoms with Crippen molar-refractivity contribution in [3.05, 3.63) is 36.1 Å². The van der Waals surface area contributed by atoms with Gasteiger partial charge in [-0.25, -0.2) is 0 Å². The molecule has 0 saturated heterocycles. The molecule has 0 aliphatic heterocycles. The Morgan fingerprint density at radius 3 is 2.20 bits per heavy atom. The molecular weight excluding hydrogens is 124 g/mol. The van der Waals surface area contributed by atoms with Crippen molar-refractivity contribution in [2.45, 2.75) is 20.3 Å². The summed E-state index contributed by atoms with van der Waals surface area (Å²) in [6.45, 7) is 10.9. The average molecular weight is 138 g/mol. The number of hydrogen-bond acceptors (Lipinski definition) is 1. The van der Waals surface area contributed by atoms with Crippen molar-refractivity contribution in [1.82, 2.24) is 0 Å². The second-order valence-electron chi connectivity index (χ2n) is 2.21. The number of allylic oxidation sites excluding steroid dienone is 3. The van der Waals surface area contributed by atoms with Crippen LogP contribution in [0.15, 0.2) is 36.1 Å². The molecule has 0 spiro atoms. The molecule has 0 amide bonds. The van der Waals surface area contributed by atoms with Crippen LogP contribution in [0.3, 0.4) is 0 Å². The van der Waals surface area contributed by atoms with E-state index >= 15 is 0 Å². The summed E-state index contributed by atoms with van der Waals surface area (Å²) in [5, 5.41) is 9.30. The zero-order valence-corrected chi connectivity index (χ0v) is 6.65. The van der Waals surface area contributed by atoms with Crippen molar-refractivity contribution in [3.63, 3.8) is 0 Å². The van der Waals surface area contributed by atoms with Gasteiger partial charge in [-0.15, -0.1) is 0 Å². The number of aliphatic hydroxyl groups is 1. The molecule has 0 aromatic carbocycles. The molecule has 0 saturated carbocycles. The average Bonchev–Trinajstić information content (AvgIpc) is 1.90. The molecule has 0 fully saturated rings. The van der Waals surface area contributed by atoms with Gasteiger partial charge in [-0.1, -0.05) is 26.2 Å². The maximum absolute atomic E-state index is 9.30. The Kier molecular flexibility index (Phi) is 3.55. The maximum atomic E-state index is 9.30. The molecule has 0 bridgehead atoms. The molecule has 0 unspecified atom stereocenters. The monoisotopic (exact) mass is 138 g/mol.